The predicted molar refractivity (Wildman–Crippen MR) is 84.4 cm³/mol. The fourth-order valence-electron chi connectivity index (χ4n) is 3.00. The van der Waals surface area contributed by atoms with Gasteiger partial charge in [-0.3, -0.25) is 4.79 Å². The number of hydrogen-bond donors (Lipinski definition) is 1. The predicted octanol–water partition coefficient (Wildman–Crippen LogP) is 0.332. The van der Waals surface area contributed by atoms with Crippen LogP contribution in [0.1, 0.15) is 0 Å². The molecule has 3 rings (SSSR count). The van der Waals surface area contributed by atoms with Gasteiger partial charge in [0.2, 0.25) is 5.91 Å². The second kappa shape index (κ2) is 6.98. The highest BCUT2D eigenvalue weighted by Crippen LogP contribution is 2.28. The summed E-state index contributed by atoms with van der Waals surface area (Å²) in [6, 6.07) is 7.82. The molecular weight excluding hydrogens is 282 g/mol. The molecule has 1 amide bonds. The fourth-order valence-corrected chi connectivity index (χ4v) is 3.00. The van der Waals surface area contributed by atoms with Crippen molar-refractivity contribution in [1.82, 2.24) is 10.2 Å². The second-order valence-electron chi connectivity index (χ2n) is 5.57. The van der Waals surface area contributed by atoms with Crippen LogP contribution >= 0.6 is 0 Å². The molecule has 1 aromatic carbocycles. The Kier molecular flexibility index (Phi) is 4.80. The first-order valence-corrected chi connectivity index (χ1v) is 7.77. The number of nitrogens with one attached hydrogen (secondary N) is 1. The largest absolute Gasteiger partial charge is 0.495 e. The molecule has 0 aromatic heterocycles. The monoisotopic (exact) mass is 305 g/mol. The maximum absolute atomic E-state index is 12.5. The van der Waals surface area contributed by atoms with E-state index in [4.69, 9.17) is 9.47 Å². The summed E-state index contributed by atoms with van der Waals surface area (Å²) in [6.07, 6.45) is 0. The van der Waals surface area contributed by atoms with E-state index in [9.17, 15) is 4.79 Å². The Labute approximate surface area is 131 Å². The molecule has 22 heavy (non-hydrogen) atoms. The maximum atomic E-state index is 12.5. The van der Waals surface area contributed by atoms with Crippen molar-refractivity contribution < 1.29 is 14.3 Å². The van der Waals surface area contributed by atoms with E-state index in [0.29, 0.717) is 13.2 Å². The molecule has 2 aliphatic heterocycles. The first-order chi connectivity index (χ1) is 10.8. The highest BCUT2D eigenvalue weighted by atomic mass is 16.5. The zero-order valence-corrected chi connectivity index (χ0v) is 13.0. The molecule has 0 spiro atoms. The van der Waals surface area contributed by atoms with Gasteiger partial charge in [-0.25, -0.2) is 0 Å². The van der Waals surface area contributed by atoms with Crippen LogP contribution in [0, 0.1) is 0 Å². The molecule has 6 nitrogen and oxygen atoms in total. The first-order valence-electron chi connectivity index (χ1n) is 7.77. The molecule has 0 unspecified atom stereocenters. The van der Waals surface area contributed by atoms with Gasteiger partial charge in [-0.05, 0) is 12.1 Å². The number of nitrogens with zero attached hydrogens (tertiary/aromatic N) is 2. The molecule has 1 aromatic rings. The third-order valence-electron chi connectivity index (χ3n) is 4.24. The molecule has 1 atom stereocenters. The molecule has 2 fully saturated rings. The molecule has 120 valence electrons. The molecule has 2 heterocycles. The second-order valence-corrected chi connectivity index (χ2v) is 5.57. The SMILES string of the molecule is COc1ccccc1N1CCN(C(=O)[C@H]2COCCN2)CC1. The zero-order chi connectivity index (χ0) is 15.4. The van der Waals surface area contributed by atoms with E-state index in [0.717, 1.165) is 44.2 Å². The topological polar surface area (TPSA) is 54.0 Å². The third kappa shape index (κ3) is 3.18. The number of benzene rings is 1. The summed E-state index contributed by atoms with van der Waals surface area (Å²) in [5, 5.41) is 3.23. The Bertz CT molecular complexity index is 509. The van der Waals surface area contributed by atoms with Gasteiger partial charge in [-0.2, -0.15) is 0 Å². The van der Waals surface area contributed by atoms with Crippen LogP contribution in [-0.2, 0) is 9.53 Å². The van der Waals surface area contributed by atoms with Crippen LogP contribution in [-0.4, -0.2) is 69.9 Å². The number of rotatable bonds is 3. The number of carbonyl (C=O) groups is 1. The van der Waals surface area contributed by atoms with Crippen molar-refractivity contribution in [3.63, 3.8) is 0 Å². The summed E-state index contributed by atoms with van der Waals surface area (Å²) in [5.41, 5.74) is 1.09. The lowest BCUT2D eigenvalue weighted by molar-refractivity contribution is -0.136. The molecule has 1 N–H and O–H groups in total. The van der Waals surface area contributed by atoms with Crippen LogP contribution in [0.4, 0.5) is 5.69 Å². The minimum absolute atomic E-state index is 0.152. The maximum Gasteiger partial charge on any atom is 0.242 e. The number of morpholine rings is 1. The summed E-state index contributed by atoms with van der Waals surface area (Å²) < 4.78 is 10.8. The van der Waals surface area contributed by atoms with Crippen molar-refractivity contribution in [1.29, 1.82) is 0 Å². The van der Waals surface area contributed by atoms with Crippen LogP contribution in [0.25, 0.3) is 0 Å². The molecule has 6 heteroatoms. The van der Waals surface area contributed by atoms with Gasteiger partial charge in [0, 0.05) is 32.7 Å². The summed E-state index contributed by atoms with van der Waals surface area (Å²) in [4.78, 5) is 16.7. The molecular formula is C16H23N3O3. The van der Waals surface area contributed by atoms with E-state index >= 15 is 0 Å². The van der Waals surface area contributed by atoms with Gasteiger partial charge in [0.15, 0.2) is 0 Å². The summed E-state index contributed by atoms with van der Waals surface area (Å²) in [5.74, 6) is 1.03. The van der Waals surface area contributed by atoms with Crippen LogP contribution in [0.5, 0.6) is 5.75 Å². The number of carbonyl (C=O) groups excluding carboxylic acids is 1. The van der Waals surface area contributed by atoms with Crippen LogP contribution in [0.2, 0.25) is 0 Å². The van der Waals surface area contributed by atoms with Gasteiger partial charge in [-0.15, -0.1) is 0 Å². The van der Waals surface area contributed by atoms with Crippen molar-refractivity contribution in [2.45, 2.75) is 6.04 Å². The fraction of sp³-hybridized carbons (Fsp3) is 0.562. The van der Waals surface area contributed by atoms with Gasteiger partial charge >= 0.3 is 0 Å². The minimum atomic E-state index is -0.188. The number of amides is 1. The Morgan fingerprint density at radius 3 is 2.73 bits per heavy atom. The highest BCUT2D eigenvalue weighted by Gasteiger charge is 2.29. The third-order valence-corrected chi connectivity index (χ3v) is 4.24. The number of hydrogen-bond acceptors (Lipinski definition) is 5. The highest BCUT2D eigenvalue weighted by molar-refractivity contribution is 5.82. The smallest absolute Gasteiger partial charge is 0.242 e. The quantitative estimate of drug-likeness (QED) is 0.872. The summed E-state index contributed by atoms with van der Waals surface area (Å²) in [7, 11) is 1.69. The first kappa shape index (κ1) is 15.1. The molecule has 0 aliphatic carbocycles. The Balaban J connectivity index is 1.59. The molecule has 2 saturated heterocycles. The zero-order valence-electron chi connectivity index (χ0n) is 13.0. The number of methoxy groups -OCH3 is 1. The van der Waals surface area contributed by atoms with E-state index in [1.165, 1.54) is 0 Å². The average molecular weight is 305 g/mol. The van der Waals surface area contributed by atoms with E-state index in [-0.39, 0.29) is 11.9 Å². The van der Waals surface area contributed by atoms with Crippen molar-refractivity contribution in [3.05, 3.63) is 24.3 Å². The standard InChI is InChI=1S/C16H23N3O3/c1-21-15-5-3-2-4-14(15)18-7-9-19(10-8-18)16(20)13-12-22-11-6-17-13/h2-5,13,17H,6-12H2,1H3/t13-/m1/s1. The van der Waals surface area contributed by atoms with E-state index in [1.807, 2.05) is 23.1 Å². The summed E-state index contributed by atoms with van der Waals surface area (Å²) >= 11 is 0. The van der Waals surface area contributed by atoms with Gasteiger partial charge in [0.1, 0.15) is 11.8 Å². The van der Waals surface area contributed by atoms with Gasteiger partial charge < -0.3 is 24.6 Å². The Morgan fingerprint density at radius 2 is 2.05 bits per heavy atom. The lowest BCUT2D eigenvalue weighted by Crippen LogP contribution is -2.57. The van der Waals surface area contributed by atoms with Gasteiger partial charge in [0.25, 0.3) is 0 Å². The number of para-hydroxylation sites is 2. The van der Waals surface area contributed by atoms with Gasteiger partial charge in [0.05, 0.1) is 26.0 Å². The van der Waals surface area contributed by atoms with Crippen molar-refractivity contribution in [2.24, 2.45) is 0 Å². The van der Waals surface area contributed by atoms with Crippen LogP contribution in [0.3, 0.4) is 0 Å². The minimum Gasteiger partial charge on any atom is -0.495 e. The van der Waals surface area contributed by atoms with E-state index in [1.54, 1.807) is 7.11 Å². The molecule has 2 aliphatic rings. The normalized spacial score (nSPS) is 22.5. The Morgan fingerprint density at radius 1 is 1.27 bits per heavy atom. The molecule has 0 bridgehead atoms. The van der Waals surface area contributed by atoms with Crippen molar-refractivity contribution in [2.75, 3.05) is 57.9 Å². The van der Waals surface area contributed by atoms with Crippen molar-refractivity contribution >= 4 is 11.6 Å². The van der Waals surface area contributed by atoms with E-state index < -0.39 is 0 Å². The molecule has 0 saturated carbocycles. The van der Waals surface area contributed by atoms with Crippen LogP contribution in [0.15, 0.2) is 24.3 Å². The lowest BCUT2D eigenvalue weighted by Gasteiger charge is -2.38. The average Bonchev–Trinajstić information content (AvgIpc) is 2.62. The van der Waals surface area contributed by atoms with Crippen molar-refractivity contribution in [3.8, 4) is 5.75 Å². The number of piperazine rings is 1. The number of ether oxygens (including phenoxy) is 2. The number of anilines is 1. The molecule has 0 radical (unpaired) electrons. The van der Waals surface area contributed by atoms with E-state index in [2.05, 4.69) is 16.3 Å². The van der Waals surface area contributed by atoms with Gasteiger partial charge in [-0.1, -0.05) is 12.1 Å². The summed E-state index contributed by atoms with van der Waals surface area (Å²) in [6.45, 7) is 5.01. The lowest BCUT2D eigenvalue weighted by atomic mass is 10.2. The Hall–Kier alpha value is -1.79. The van der Waals surface area contributed by atoms with Crippen LogP contribution < -0.4 is 15.0 Å².